The minimum atomic E-state index is -4.48. The summed E-state index contributed by atoms with van der Waals surface area (Å²) in [6.07, 6.45) is -3.28. The van der Waals surface area contributed by atoms with Crippen molar-refractivity contribution in [1.29, 1.82) is 0 Å². The number of primary amides is 1. The van der Waals surface area contributed by atoms with E-state index in [1.807, 2.05) is 6.92 Å². The first-order valence-corrected chi connectivity index (χ1v) is 8.47. The van der Waals surface area contributed by atoms with Crippen molar-refractivity contribution in [3.05, 3.63) is 59.2 Å². The highest BCUT2D eigenvalue weighted by atomic mass is 19.4. The van der Waals surface area contributed by atoms with Gasteiger partial charge in [-0.1, -0.05) is 19.4 Å². The molecule has 0 aliphatic rings. The zero-order valence-electron chi connectivity index (χ0n) is 14.9. The SMILES string of the molecule is CCC[C@H](COc1ccc(F)c(C(N)=O)c1F)Nc1cccc(C(F)(F)F)c1. The van der Waals surface area contributed by atoms with E-state index in [-0.39, 0.29) is 18.0 Å². The van der Waals surface area contributed by atoms with Gasteiger partial charge in [0.1, 0.15) is 18.0 Å². The van der Waals surface area contributed by atoms with Crippen LogP contribution in [0.3, 0.4) is 0 Å². The lowest BCUT2D eigenvalue weighted by atomic mass is 10.1. The smallest absolute Gasteiger partial charge is 0.416 e. The maximum absolute atomic E-state index is 14.2. The fourth-order valence-electron chi connectivity index (χ4n) is 2.63. The molecule has 1 atom stereocenters. The Morgan fingerprint density at radius 3 is 2.54 bits per heavy atom. The van der Waals surface area contributed by atoms with Gasteiger partial charge in [0.15, 0.2) is 11.6 Å². The Balaban J connectivity index is 2.14. The predicted molar refractivity (Wildman–Crippen MR) is 94.1 cm³/mol. The molecule has 0 aromatic heterocycles. The third kappa shape index (κ3) is 5.34. The Hall–Kier alpha value is -2.84. The van der Waals surface area contributed by atoms with Crippen LogP contribution in [0, 0.1) is 11.6 Å². The van der Waals surface area contributed by atoms with E-state index in [0.717, 1.165) is 24.3 Å². The molecular formula is C19H19F5N2O2. The lowest BCUT2D eigenvalue weighted by molar-refractivity contribution is -0.137. The van der Waals surface area contributed by atoms with Crippen LogP contribution in [-0.2, 0) is 6.18 Å². The lowest BCUT2D eigenvalue weighted by Gasteiger charge is -2.21. The van der Waals surface area contributed by atoms with Gasteiger partial charge >= 0.3 is 6.18 Å². The molecule has 0 unspecified atom stereocenters. The summed E-state index contributed by atoms with van der Waals surface area (Å²) in [5.74, 6) is -3.97. The van der Waals surface area contributed by atoms with Crippen LogP contribution < -0.4 is 15.8 Å². The second kappa shape index (κ2) is 8.90. The molecule has 28 heavy (non-hydrogen) atoms. The van der Waals surface area contributed by atoms with Crippen molar-refractivity contribution in [1.82, 2.24) is 0 Å². The van der Waals surface area contributed by atoms with Crippen LogP contribution in [-0.4, -0.2) is 18.6 Å². The molecule has 0 aliphatic carbocycles. The van der Waals surface area contributed by atoms with Gasteiger partial charge in [-0.3, -0.25) is 4.79 Å². The summed E-state index contributed by atoms with van der Waals surface area (Å²) in [7, 11) is 0. The number of anilines is 1. The summed E-state index contributed by atoms with van der Waals surface area (Å²) in [6, 6.07) is 6.09. The first-order valence-electron chi connectivity index (χ1n) is 8.47. The molecule has 2 rings (SSSR count). The van der Waals surface area contributed by atoms with Crippen molar-refractivity contribution in [2.45, 2.75) is 32.0 Å². The van der Waals surface area contributed by atoms with Gasteiger partial charge in [0.05, 0.1) is 11.6 Å². The van der Waals surface area contributed by atoms with Crippen LogP contribution in [0.15, 0.2) is 36.4 Å². The summed E-state index contributed by atoms with van der Waals surface area (Å²) in [5, 5.41) is 2.92. The zero-order chi connectivity index (χ0) is 20.9. The normalized spacial score (nSPS) is 12.5. The highest BCUT2D eigenvalue weighted by Gasteiger charge is 2.30. The van der Waals surface area contributed by atoms with Crippen LogP contribution in [0.25, 0.3) is 0 Å². The molecule has 0 heterocycles. The number of halogens is 5. The Labute approximate surface area is 158 Å². The second-order valence-electron chi connectivity index (χ2n) is 6.12. The van der Waals surface area contributed by atoms with Gasteiger partial charge in [-0.25, -0.2) is 8.78 Å². The summed E-state index contributed by atoms with van der Waals surface area (Å²) in [5.41, 5.74) is 3.48. The molecule has 152 valence electrons. The van der Waals surface area contributed by atoms with Gasteiger partial charge < -0.3 is 15.8 Å². The van der Waals surface area contributed by atoms with Crippen molar-refractivity contribution in [2.75, 3.05) is 11.9 Å². The Morgan fingerprint density at radius 2 is 1.93 bits per heavy atom. The number of rotatable bonds is 8. The van der Waals surface area contributed by atoms with Gasteiger partial charge in [0.25, 0.3) is 5.91 Å². The molecule has 0 fully saturated rings. The fourth-order valence-corrected chi connectivity index (χ4v) is 2.63. The Morgan fingerprint density at radius 1 is 1.21 bits per heavy atom. The van der Waals surface area contributed by atoms with Crippen molar-refractivity contribution in [3.8, 4) is 5.75 Å². The quantitative estimate of drug-likeness (QED) is 0.627. The number of ether oxygens (including phenoxy) is 1. The van der Waals surface area contributed by atoms with Crippen molar-refractivity contribution in [2.24, 2.45) is 5.73 Å². The number of carbonyl (C=O) groups is 1. The standard InChI is InChI=1S/C19H19F5N2O2/c1-2-4-13(26-12-6-3-5-11(9-12)19(22,23)24)10-28-15-8-7-14(20)16(17(15)21)18(25)27/h3,5-9,13,26H,2,4,10H2,1H3,(H2,25,27)/t13-/m1/s1. The van der Waals surface area contributed by atoms with E-state index in [2.05, 4.69) is 5.32 Å². The number of hydrogen-bond acceptors (Lipinski definition) is 3. The predicted octanol–water partition coefficient (Wildman–Crippen LogP) is 4.74. The highest BCUT2D eigenvalue weighted by Crippen LogP contribution is 2.31. The van der Waals surface area contributed by atoms with Crippen LogP contribution in [0.2, 0.25) is 0 Å². The molecular weight excluding hydrogens is 383 g/mol. The van der Waals surface area contributed by atoms with Crippen LogP contribution in [0.1, 0.15) is 35.7 Å². The van der Waals surface area contributed by atoms with Crippen LogP contribution in [0.5, 0.6) is 5.75 Å². The van der Waals surface area contributed by atoms with Crippen molar-refractivity contribution >= 4 is 11.6 Å². The number of amides is 1. The highest BCUT2D eigenvalue weighted by molar-refractivity contribution is 5.93. The zero-order valence-corrected chi connectivity index (χ0v) is 14.9. The van der Waals surface area contributed by atoms with Gasteiger partial charge in [0, 0.05) is 5.69 Å². The average molecular weight is 402 g/mol. The van der Waals surface area contributed by atoms with Gasteiger partial charge in [0.2, 0.25) is 0 Å². The molecule has 0 aliphatic heterocycles. The molecule has 0 saturated heterocycles. The maximum atomic E-state index is 14.2. The van der Waals surface area contributed by atoms with Crippen molar-refractivity contribution < 1.29 is 31.5 Å². The monoisotopic (exact) mass is 402 g/mol. The average Bonchev–Trinajstić information content (AvgIpc) is 2.60. The molecule has 0 bridgehead atoms. The summed E-state index contributed by atoms with van der Waals surface area (Å²) in [6.45, 7) is 1.75. The summed E-state index contributed by atoms with van der Waals surface area (Å²) < 4.78 is 71.6. The third-order valence-corrected chi connectivity index (χ3v) is 3.94. The second-order valence-corrected chi connectivity index (χ2v) is 6.12. The van der Waals surface area contributed by atoms with E-state index in [1.165, 1.54) is 12.1 Å². The van der Waals surface area contributed by atoms with Gasteiger partial charge in [-0.2, -0.15) is 13.2 Å². The maximum Gasteiger partial charge on any atom is 0.416 e. The molecule has 2 aromatic carbocycles. The van der Waals surface area contributed by atoms with Crippen LogP contribution >= 0.6 is 0 Å². The first kappa shape index (κ1) is 21.5. The molecule has 0 radical (unpaired) electrons. The van der Waals surface area contributed by atoms with E-state index in [9.17, 15) is 26.7 Å². The molecule has 4 nitrogen and oxygen atoms in total. The Kier molecular flexibility index (Phi) is 6.82. The fraction of sp³-hybridized carbons (Fsp3) is 0.316. The molecule has 9 heteroatoms. The summed E-state index contributed by atoms with van der Waals surface area (Å²) >= 11 is 0. The Bertz CT molecular complexity index is 840. The largest absolute Gasteiger partial charge is 0.488 e. The molecule has 0 spiro atoms. The molecule has 3 N–H and O–H groups in total. The van der Waals surface area contributed by atoms with E-state index in [1.54, 1.807) is 0 Å². The third-order valence-electron chi connectivity index (χ3n) is 3.94. The topological polar surface area (TPSA) is 64.3 Å². The lowest BCUT2D eigenvalue weighted by Crippen LogP contribution is -2.27. The number of nitrogens with one attached hydrogen (secondary N) is 1. The number of benzene rings is 2. The number of carbonyl (C=O) groups excluding carboxylic acids is 1. The van der Waals surface area contributed by atoms with Gasteiger partial charge in [-0.15, -0.1) is 0 Å². The minimum absolute atomic E-state index is 0.120. The summed E-state index contributed by atoms with van der Waals surface area (Å²) in [4.78, 5) is 11.2. The number of alkyl halides is 3. The number of nitrogens with two attached hydrogens (primary N) is 1. The molecule has 2 aromatic rings. The van der Waals surface area contributed by atoms with Crippen LogP contribution in [0.4, 0.5) is 27.6 Å². The van der Waals surface area contributed by atoms with E-state index in [0.29, 0.717) is 12.8 Å². The minimum Gasteiger partial charge on any atom is -0.488 e. The molecule has 1 amide bonds. The van der Waals surface area contributed by atoms with E-state index in [4.69, 9.17) is 10.5 Å². The van der Waals surface area contributed by atoms with Gasteiger partial charge in [-0.05, 0) is 36.8 Å². The van der Waals surface area contributed by atoms with E-state index < -0.39 is 40.9 Å². The van der Waals surface area contributed by atoms with Crippen molar-refractivity contribution in [3.63, 3.8) is 0 Å². The first-order chi connectivity index (χ1) is 13.1. The van der Waals surface area contributed by atoms with E-state index >= 15 is 0 Å². The molecule has 0 saturated carbocycles. The number of hydrogen-bond donors (Lipinski definition) is 2.